The molecule has 1 heterocycles. The average molecular weight is 410 g/mol. The first kappa shape index (κ1) is 21.5. The van der Waals surface area contributed by atoms with Crippen LogP contribution in [0.3, 0.4) is 0 Å². The summed E-state index contributed by atoms with van der Waals surface area (Å²) in [7, 11) is 1.56. The van der Waals surface area contributed by atoms with Crippen LogP contribution in [0.2, 0.25) is 5.02 Å². The Labute approximate surface area is 171 Å². The highest BCUT2D eigenvalue weighted by Gasteiger charge is 2.31. The molecule has 5 nitrogen and oxygen atoms in total. The molecule has 2 aromatic carbocycles. The average Bonchev–Trinajstić information content (AvgIpc) is 3.02. The van der Waals surface area contributed by atoms with Crippen molar-refractivity contribution in [2.45, 2.75) is 18.4 Å². The summed E-state index contributed by atoms with van der Waals surface area (Å²) in [6.45, 7) is 2.35. The molecule has 0 unspecified atom stereocenters. The van der Waals surface area contributed by atoms with Crippen molar-refractivity contribution in [3.05, 3.63) is 59.1 Å². The second-order valence-corrected chi connectivity index (χ2v) is 7.02. The molecule has 2 aromatic rings. The molecule has 27 heavy (non-hydrogen) atoms. The van der Waals surface area contributed by atoms with E-state index in [-0.39, 0.29) is 24.4 Å². The Morgan fingerprint density at radius 3 is 2.70 bits per heavy atom. The molecule has 3 rings (SSSR count). The van der Waals surface area contributed by atoms with Gasteiger partial charge in [0.2, 0.25) is 5.91 Å². The Kier molecular flexibility index (Phi) is 7.92. The van der Waals surface area contributed by atoms with Crippen molar-refractivity contribution in [1.82, 2.24) is 4.90 Å². The van der Waals surface area contributed by atoms with E-state index in [1.165, 1.54) is 5.56 Å². The number of hydrogen-bond donors (Lipinski definition) is 2. The Bertz CT molecular complexity index is 758. The summed E-state index contributed by atoms with van der Waals surface area (Å²) in [4.78, 5) is 14.6. The fourth-order valence-corrected chi connectivity index (χ4v) is 3.57. The summed E-state index contributed by atoms with van der Waals surface area (Å²) < 4.78 is 5.26. The van der Waals surface area contributed by atoms with Crippen molar-refractivity contribution in [2.75, 3.05) is 32.1 Å². The Morgan fingerprint density at radius 1 is 1.26 bits per heavy atom. The largest absolute Gasteiger partial charge is 0.495 e. The maximum Gasteiger partial charge on any atom is 0.225 e. The van der Waals surface area contributed by atoms with Gasteiger partial charge in [-0.25, -0.2) is 0 Å². The number of nitrogens with two attached hydrogens (primary N) is 1. The van der Waals surface area contributed by atoms with E-state index in [1.54, 1.807) is 25.3 Å². The number of amides is 1. The number of hydrogen-bond acceptors (Lipinski definition) is 4. The highest BCUT2D eigenvalue weighted by Crippen LogP contribution is 2.28. The molecule has 1 aliphatic rings. The molecule has 2 atom stereocenters. The first-order chi connectivity index (χ1) is 12.6. The fraction of sp³-hybridized carbons (Fsp3) is 0.350. The highest BCUT2D eigenvalue weighted by atomic mass is 35.5. The van der Waals surface area contributed by atoms with Gasteiger partial charge in [0.05, 0.1) is 12.8 Å². The summed E-state index contributed by atoms with van der Waals surface area (Å²) >= 11 is 6.00. The van der Waals surface area contributed by atoms with Crippen LogP contribution >= 0.6 is 24.0 Å². The van der Waals surface area contributed by atoms with Gasteiger partial charge in [0.1, 0.15) is 5.75 Å². The van der Waals surface area contributed by atoms with Crippen LogP contribution in [0.4, 0.5) is 5.69 Å². The number of nitrogens with one attached hydrogen (secondary N) is 1. The number of nitrogens with zero attached hydrogens (tertiary/aromatic N) is 1. The van der Waals surface area contributed by atoms with Crippen molar-refractivity contribution in [2.24, 2.45) is 5.73 Å². The number of rotatable bonds is 6. The lowest BCUT2D eigenvalue weighted by atomic mass is 9.95. The monoisotopic (exact) mass is 409 g/mol. The second kappa shape index (κ2) is 9.95. The summed E-state index contributed by atoms with van der Waals surface area (Å²) in [5.74, 6) is 0.838. The lowest BCUT2D eigenvalue weighted by Crippen LogP contribution is -2.30. The van der Waals surface area contributed by atoms with Gasteiger partial charge in [0.15, 0.2) is 0 Å². The second-order valence-electron chi connectivity index (χ2n) is 6.58. The number of methoxy groups -OCH3 is 1. The zero-order valence-corrected chi connectivity index (χ0v) is 16.8. The van der Waals surface area contributed by atoms with Crippen molar-refractivity contribution in [1.29, 1.82) is 0 Å². The van der Waals surface area contributed by atoms with E-state index in [0.29, 0.717) is 35.3 Å². The lowest BCUT2D eigenvalue weighted by Gasteiger charge is -2.16. The molecule has 0 bridgehead atoms. The molecule has 0 aliphatic carbocycles. The van der Waals surface area contributed by atoms with E-state index >= 15 is 0 Å². The minimum absolute atomic E-state index is 0. The van der Waals surface area contributed by atoms with Crippen LogP contribution in [0.15, 0.2) is 48.5 Å². The van der Waals surface area contributed by atoms with Gasteiger partial charge in [-0.05, 0) is 23.8 Å². The van der Waals surface area contributed by atoms with Gasteiger partial charge < -0.3 is 20.7 Å². The van der Waals surface area contributed by atoms with Gasteiger partial charge >= 0.3 is 0 Å². The van der Waals surface area contributed by atoms with Crippen molar-refractivity contribution in [3.63, 3.8) is 0 Å². The summed E-state index contributed by atoms with van der Waals surface area (Å²) in [6.07, 6.45) is 0.393. The first-order valence-corrected chi connectivity index (χ1v) is 9.11. The predicted molar refractivity (Wildman–Crippen MR) is 112 cm³/mol. The van der Waals surface area contributed by atoms with E-state index in [2.05, 4.69) is 22.3 Å². The molecule has 1 amide bonds. The maximum absolute atomic E-state index is 12.3. The topological polar surface area (TPSA) is 67.6 Å². The third kappa shape index (κ3) is 5.59. The normalized spacial score (nSPS) is 19.4. The molecular weight excluding hydrogens is 385 g/mol. The van der Waals surface area contributed by atoms with Crippen LogP contribution in [0.25, 0.3) is 0 Å². The van der Waals surface area contributed by atoms with E-state index < -0.39 is 0 Å². The van der Waals surface area contributed by atoms with Crippen LogP contribution in [0, 0.1) is 0 Å². The smallest absolute Gasteiger partial charge is 0.225 e. The van der Waals surface area contributed by atoms with Crippen molar-refractivity contribution < 1.29 is 9.53 Å². The molecule has 0 saturated carbocycles. The molecule has 3 N–H and O–H groups in total. The Morgan fingerprint density at radius 2 is 2.00 bits per heavy atom. The quantitative estimate of drug-likeness (QED) is 0.765. The highest BCUT2D eigenvalue weighted by molar-refractivity contribution is 6.31. The number of carbonyl (C=O) groups excluding carboxylic acids is 1. The predicted octanol–water partition coefficient (Wildman–Crippen LogP) is 3.53. The molecule has 1 fully saturated rings. The van der Waals surface area contributed by atoms with Crippen molar-refractivity contribution >= 4 is 35.6 Å². The zero-order valence-electron chi connectivity index (χ0n) is 15.2. The maximum atomic E-state index is 12.3. The SMILES string of the molecule is COc1ccc(Cl)cc1NC(=O)CCN1C[C@@H](N)[C@H](c2ccccc2)C1.Cl. The van der Waals surface area contributed by atoms with E-state index in [9.17, 15) is 4.79 Å². The van der Waals surface area contributed by atoms with Crippen LogP contribution in [-0.2, 0) is 4.79 Å². The number of likely N-dealkylation sites (tertiary alicyclic amines) is 1. The van der Waals surface area contributed by atoms with E-state index in [4.69, 9.17) is 22.1 Å². The molecule has 1 aliphatic heterocycles. The van der Waals surface area contributed by atoms with E-state index in [1.807, 2.05) is 18.2 Å². The molecule has 1 saturated heterocycles. The number of anilines is 1. The minimum atomic E-state index is -0.0673. The fourth-order valence-electron chi connectivity index (χ4n) is 3.40. The van der Waals surface area contributed by atoms with Gasteiger partial charge in [0, 0.05) is 43.0 Å². The standard InChI is InChI=1S/C20H24ClN3O2.ClH/c1-26-19-8-7-15(21)11-18(19)23-20(25)9-10-24-12-16(17(22)13-24)14-5-3-2-4-6-14;/h2-8,11,16-17H,9-10,12-13,22H2,1H3,(H,23,25);1H/t16-,17+;/m0./s1. The van der Waals surface area contributed by atoms with Gasteiger partial charge in [-0.2, -0.15) is 0 Å². The number of ether oxygens (including phenoxy) is 1. The lowest BCUT2D eigenvalue weighted by molar-refractivity contribution is -0.116. The van der Waals surface area contributed by atoms with Gasteiger partial charge in [-0.15, -0.1) is 12.4 Å². The Balaban J connectivity index is 0.00000261. The van der Waals surface area contributed by atoms with Crippen molar-refractivity contribution in [3.8, 4) is 5.75 Å². The van der Waals surface area contributed by atoms with Gasteiger partial charge in [0.25, 0.3) is 0 Å². The van der Waals surface area contributed by atoms with Crippen LogP contribution < -0.4 is 15.8 Å². The molecule has 0 radical (unpaired) electrons. The minimum Gasteiger partial charge on any atom is -0.495 e. The van der Waals surface area contributed by atoms with Crippen LogP contribution in [-0.4, -0.2) is 43.6 Å². The third-order valence-corrected chi connectivity index (χ3v) is 4.99. The molecule has 0 spiro atoms. The number of carbonyl (C=O) groups is 1. The summed E-state index contributed by atoms with van der Waals surface area (Å²) in [5, 5.41) is 3.43. The van der Waals surface area contributed by atoms with Crippen LogP contribution in [0.1, 0.15) is 17.9 Å². The Hall–Kier alpha value is -1.79. The van der Waals surface area contributed by atoms with Crippen LogP contribution in [0.5, 0.6) is 5.75 Å². The first-order valence-electron chi connectivity index (χ1n) is 8.73. The molecule has 146 valence electrons. The number of halogens is 2. The summed E-state index contributed by atoms with van der Waals surface area (Å²) in [5.41, 5.74) is 8.16. The number of benzene rings is 2. The zero-order chi connectivity index (χ0) is 18.5. The summed E-state index contributed by atoms with van der Waals surface area (Å²) in [6, 6.07) is 15.6. The van der Waals surface area contributed by atoms with E-state index in [0.717, 1.165) is 13.1 Å². The molecule has 7 heteroatoms. The van der Waals surface area contributed by atoms with Gasteiger partial charge in [-0.1, -0.05) is 41.9 Å². The van der Waals surface area contributed by atoms with Gasteiger partial charge in [-0.3, -0.25) is 4.79 Å². The molecular formula is C20H25Cl2N3O2. The third-order valence-electron chi connectivity index (χ3n) is 4.76. The molecule has 0 aromatic heterocycles.